The molecule has 0 fully saturated rings. The molecule has 0 aliphatic carbocycles. The molecule has 0 radical (unpaired) electrons. The normalized spacial score (nSPS) is 15.6. The fourth-order valence-corrected chi connectivity index (χ4v) is 6.26. The fourth-order valence-electron chi connectivity index (χ4n) is 4.43. The Morgan fingerprint density at radius 3 is 2.53 bits per heavy atom. The Kier molecular flexibility index (Phi) is 5.41. The number of methoxy groups -OCH3 is 2. The molecule has 1 unspecified atom stereocenters. The minimum Gasteiger partial charge on any atom is -0.491 e. The number of anilines is 1. The van der Waals surface area contributed by atoms with E-state index in [-0.39, 0.29) is 4.90 Å². The smallest absolute Gasteiger partial charge is 0.266 e. The lowest BCUT2D eigenvalue weighted by Gasteiger charge is -2.26. The van der Waals surface area contributed by atoms with Gasteiger partial charge in [-0.15, -0.1) is 0 Å². The van der Waals surface area contributed by atoms with Crippen LogP contribution < -0.4 is 13.8 Å². The summed E-state index contributed by atoms with van der Waals surface area (Å²) in [6, 6.07) is 9.69. The third kappa shape index (κ3) is 3.38. The van der Waals surface area contributed by atoms with E-state index in [0.717, 1.165) is 16.6 Å². The molecule has 1 aliphatic heterocycles. The van der Waals surface area contributed by atoms with Crippen LogP contribution in [0, 0.1) is 6.92 Å². The van der Waals surface area contributed by atoms with Crippen molar-refractivity contribution in [2.75, 3.05) is 18.5 Å². The quantitative estimate of drug-likeness (QED) is 0.404. The number of aromatic nitrogens is 3. The van der Waals surface area contributed by atoms with Crippen molar-refractivity contribution in [3.63, 3.8) is 0 Å². The number of benzene rings is 1. The van der Waals surface area contributed by atoms with Gasteiger partial charge in [0.25, 0.3) is 15.9 Å². The molecule has 176 valence electrons. The van der Waals surface area contributed by atoms with Crippen LogP contribution in [0.15, 0.2) is 53.7 Å². The van der Waals surface area contributed by atoms with Crippen LogP contribution in [0.4, 0.5) is 5.82 Å². The molecule has 0 saturated heterocycles. The van der Waals surface area contributed by atoms with Crippen LogP contribution in [-0.4, -0.2) is 37.2 Å². The maximum atomic E-state index is 13.9. The lowest BCUT2D eigenvalue weighted by atomic mass is 10.1. The summed E-state index contributed by atoms with van der Waals surface area (Å²) in [5.74, 6) is 1.14. The molecule has 34 heavy (non-hydrogen) atoms. The van der Waals surface area contributed by atoms with Crippen LogP contribution in [0.25, 0.3) is 11.0 Å². The third-order valence-electron chi connectivity index (χ3n) is 6.14. The minimum absolute atomic E-state index is 0.185. The van der Waals surface area contributed by atoms with E-state index in [2.05, 4.69) is 9.97 Å². The largest absolute Gasteiger partial charge is 0.491 e. The Morgan fingerprint density at radius 1 is 1.12 bits per heavy atom. The van der Waals surface area contributed by atoms with Crippen molar-refractivity contribution in [3.8, 4) is 11.6 Å². The van der Waals surface area contributed by atoms with E-state index in [1.807, 2.05) is 30.8 Å². The molecule has 1 aromatic carbocycles. The van der Waals surface area contributed by atoms with Gasteiger partial charge >= 0.3 is 0 Å². The van der Waals surface area contributed by atoms with Crippen LogP contribution in [0.1, 0.15) is 22.7 Å². The van der Waals surface area contributed by atoms with Gasteiger partial charge in [0.1, 0.15) is 5.82 Å². The van der Waals surface area contributed by atoms with Crippen LogP contribution in [0.3, 0.4) is 0 Å². The minimum atomic E-state index is -3.95. The van der Waals surface area contributed by atoms with Crippen molar-refractivity contribution in [1.82, 2.24) is 14.5 Å². The van der Waals surface area contributed by atoms with E-state index in [0.29, 0.717) is 40.0 Å². The number of hydrogen-bond donors (Lipinski definition) is 0. The average Bonchev–Trinajstić information content (AvgIpc) is 3.37. The second-order valence-corrected chi connectivity index (χ2v) is 10.4. The first-order valence-electron chi connectivity index (χ1n) is 10.6. The van der Waals surface area contributed by atoms with Gasteiger partial charge in [-0.25, -0.2) is 22.7 Å². The molecule has 0 bridgehead atoms. The first kappa shape index (κ1) is 22.5. The molecule has 4 aromatic rings. The van der Waals surface area contributed by atoms with Crippen molar-refractivity contribution in [2.24, 2.45) is 7.05 Å². The molecular formula is C24H23ClN4O4S. The van der Waals surface area contributed by atoms with Gasteiger partial charge in [0, 0.05) is 48.1 Å². The summed E-state index contributed by atoms with van der Waals surface area (Å²) < 4.78 is 42.0. The van der Waals surface area contributed by atoms with Crippen LogP contribution >= 0.6 is 11.6 Å². The summed E-state index contributed by atoms with van der Waals surface area (Å²) in [5.41, 5.74) is 3.79. The van der Waals surface area contributed by atoms with E-state index < -0.39 is 16.1 Å². The van der Waals surface area contributed by atoms with Crippen molar-refractivity contribution < 1.29 is 17.9 Å². The van der Waals surface area contributed by atoms with E-state index >= 15 is 0 Å². The lowest BCUT2D eigenvalue weighted by Crippen LogP contribution is -2.32. The molecule has 1 atom stereocenters. The Labute approximate surface area is 202 Å². The molecule has 0 spiro atoms. The number of ether oxygens (including phenoxy) is 2. The topological polar surface area (TPSA) is 86.6 Å². The molecule has 5 rings (SSSR count). The predicted octanol–water partition coefficient (Wildman–Crippen LogP) is 4.44. The Balaban J connectivity index is 1.75. The molecule has 3 aromatic heterocycles. The second kappa shape index (κ2) is 8.18. The highest BCUT2D eigenvalue weighted by atomic mass is 35.5. The summed E-state index contributed by atoms with van der Waals surface area (Å²) in [6.45, 7) is 1.91. The van der Waals surface area contributed by atoms with Gasteiger partial charge in [-0.05, 0) is 25.1 Å². The Hall–Kier alpha value is -3.30. The average molecular weight is 499 g/mol. The van der Waals surface area contributed by atoms with Crippen molar-refractivity contribution in [1.29, 1.82) is 0 Å². The summed E-state index contributed by atoms with van der Waals surface area (Å²) in [6.07, 6.45) is 3.78. The zero-order valence-electron chi connectivity index (χ0n) is 19.1. The van der Waals surface area contributed by atoms with E-state index in [1.165, 1.54) is 17.6 Å². The van der Waals surface area contributed by atoms with Crippen LogP contribution in [-0.2, 0) is 23.5 Å². The summed E-state index contributed by atoms with van der Waals surface area (Å²) >= 11 is 6.50. The zero-order valence-corrected chi connectivity index (χ0v) is 20.7. The molecule has 4 heterocycles. The van der Waals surface area contributed by atoms with Gasteiger partial charge in [0.2, 0.25) is 0 Å². The van der Waals surface area contributed by atoms with E-state index in [1.54, 1.807) is 37.4 Å². The zero-order chi connectivity index (χ0) is 24.2. The summed E-state index contributed by atoms with van der Waals surface area (Å²) in [4.78, 5) is 9.28. The van der Waals surface area contributed by atoms with Gasteiger partial charge < -0.3 is 14.0 Å². The molecule has 10 heteroatoms. The maximum absolute atomic E-state index is 13.9. The molecule has 0 saturated carbocycles. The highest BCUT2D eigenvalue weighted by Crippen LogP contribution is 2.47. The van der Waals surface area contributed by atoms with Gasteiger partial charge in [-0.3, -0.25) is 0 Å². The number of rotatable bonds is 5. The highest BCUT2D eigenvalue weighted by Gasteiger charge is 2.43. The van der Waals surface area contributed by atoms with Crippen molar-refractivity contribution >= 4 is 38.5 Å². The molecule has 0 amide bonds. The number of sulfonamides is 1. The number of nitrogens with zero attached hydrogens (tertiary/aromatic N) is 4. The van der Waals surface area contributed by atoms with Gasteiger partial charge in [0.05, 0.1) is 36.2 Å². The number of aryl methyl sites for hydroxylation is 2. The van der Waals surface area contributed by atoms with Crippen molar-refractivity contribution in [2.45, 2.75) is 24.3 Å². The van der Waals surface area contributed by atoms with Gasteiger partial charge in [-0.2, -0.15) is 0 Å². The van der Waals surface area contributed by atoms with Gasteiger partial charge in [-0.1, -0.05) is 29.3 Å². The first-order chi connectivity index (χ1) is 16.3. The van der Waals surface area contributed by atoms with E-state index in [9.17, 15) is 8.42 Å². The lowest BCUT2D eigenvalue weighted by molar-refractivity contribution is 0.344. The number of halogens is 1. The highest BCUT2D eigenvalue weighted by molar-refractivity contribution is 7.92. The standard InChI is InChI=1S/C24H23ClN4O4S/c1-14-5-7-15(8-6-14)34(30,31)29-19(11-16-18(25)9-10-26-23(16)29)17-13-28(2)20-12-21(32-3)24(33-4)27-22(17)20/h5-10,12-13,19H,11H2,1-4H3. The second-order valence-electron chi connectivity index (χ2n) is 8.19. The Morgan fingerprint density at radius 2 is 1.85 bits per heavy atom. The Bertz CT molecular complexity index is 1520. The monoisotopic (exact) mass is 498 g/mol. The molecule has 1 aliphatic rings. The molecular weight excluding hydrogens is 476 g/mol. The molecule has 8 nitrogen and oxygen atoms in total. The van der Waals surface area contributed by atoms with Crippen LogP contribution in [0.5, 0.6) is 11.6 Å². The number of pyridine rings is 2. The maximum Gasteiger partial charge on any atom is 0.266 e. The van der Waals surface area contributed by atoms with Crippen molar-refractivity contribution in [3.05, 3.63) is 70.5 Å². The third-order valence-corrected chi connectivity index (χ3v) is 8.30. The van der Waals surface area contributed by atoms with Gasteiger partial charge in [0.15, 0.2) is 5.75 Å². The first-order valence-corrected chi connectivity index (χ1v) is 12.4. The predicted molar refractivity (Wildman–Crippen MR) is 130 cm³/mol. The van der Waals surface area contributed by atoms with E-state index in [4.69, 9.17) is 21.1 Å². The molecule has 0 N–H and O–H groups in total. The number of fused-ring (bicyclic) bond motifs is 2. The number of hydrogen-bond acceptors (Lipinski definition) is 6. The SMILES string of the molecule is COc1cc2c(nc1OC)c(C1Cc3c(Cl)ccnc3N1S(=O)(=O)c1ccc(C)cc1)cn2C. The van der Waals surface area contributed by atoms with Crippen LogP contribution in [0.2, 0.25) is 5.02 Å². The summed E-state index contributed by atoms with van der Waals surface area (Å²) in [5, 5.41) is 0.476. The fraction of sp³-hybridized carbons (Fsp3) is 0.250. The summed E-state index contributed by atoms with van der Waals surface area (Å²) in [7, 11) is 0.993.